The molecular formula is C36H51N7O7S2. The molecule has 284 valence electrons. The zero-order valence-corrected chi connectivity index (χ0v) is 32.2. The van der Waals surface area contributed by atoms with E-state index in [-0.39, 0.29) is 53.7 Å². The Bertz CT molecular complexity index is 1790. The van der Waals surface area contributed by atoms with Gasteiger partial charge in [0.2, 0.25) is 15.9 Å². The van der Waals surface area contributed by atoms with Crippen LogP contribution >= 0.6 is 11.3 Å². The Morgan fingerprint density at radius 2 is 1.77 bits per heavy atom. The monoisotopic (exact) mass is 757 g/mol. The van der Waals surface area contributed by atoms with E-state index < -0.39 is 40.1 Å². The van der Waals surface area contributed by atoms with Gasteiger partial charge in [0.1, 0.15) is 11.8 Å². The third-order valence-electron chi connectivity index (χ3n) is 8.62. The topological polar surface area (TPSA) is 185 Å². The average Bonchev–Trinajstić information content (AvgIpc) is 3.65. The molecule has 52 heavy (non-hydrogen) atoms. The number of carbonyl (C=O) groups excluding carboxylic acids is 3. The lowest BCUT2D eigenvalue weighted by molar-refractivity contribution is -0.128. The lowest BCUT2D eigenvalue weighted by Gasteiger charge is -2.34. The van der Waals surface area contributed by atoms with Gasteiger partial charge in [-0.15, -0.1) is 11.3 Å². The Kier molecular flexibility index (Phi) is 14.0. The van der Waals surface area contributed by atoms with Gasteiger partial charge in [0.15, 0.2) is 0 Å². The van der Waals surface area contributed by atoms with Crippen LogP contribution in [0.3, 0.4) is 0 Å². The van der Waals surface area contributed by atoms with Gasteiger partial charge < -0.3 is 36.0 Å². The second-order valence-electron chi connectivity index (χ2n) is 13.7. The second kappa shape index (κ2) is 18.0. The Morgan fingerprint density at radius 1 is 1.06 bits per heavy atom. The number of aromatic nitrogens is 1. The number of rotatable bonds is 17. The van der Waals surface area contributed by atoms with Gasteiger partial charge in [-0.05, 0) is 55.9 Å². The highest BCUT2D eigenvalue weighted by Gasteiger charge is 2.40. The first-order chi connectivity index (χ1) is 24.6. The van der Waals surface area contributed by atoms with Crippen LogP contribution in [-0.2, 0) is 27.8 Å². The minimum absolute atomic E-state index is 0.0383. The number of hydrogen-bond acceptors (Lipinski definition) is 9. The molecule has 4 rings (SSSR count). The van der Waals surface area contributed by atoms with Crippen molar-refractivity contribution in [2.75, 3.05) is 38.0 Å². The predicted molar refractivity (Wildman–Crippen MR) is 200 cm³/mol. The summed E-state index contributed by atoms with van der Waals surface area (Å²) in [6, 6.07) is 10.2. The molecule has 5 amide bonds. The smallest absolute Gasteiger partial charge is 0.321 e. The van der Waals surface area contributed by atoms with Crippen LogP contribution in [0.4, 0.5) is 15.3 Å². The van der Waals surface area contributed by atoms with Crippen molar-refractivity contribution in [1.29, 1.82) is 0 Å². The number of aliphatic hydroxyl groups is 1. The zero-order valence-electron chi connectivity index (χ0n) is 30.6. The van der Waals surface area contributed by atoms with Gasteiger partial charge in [-0.2, -0.15) is 4.31 Å². The van der Waals surface area contributed by atoms with Crippen molar-refractivity contribution in [2.45, 2.75) is 77.6 Å². The van der Waals surface area contributed by atoms with Gasteiger partial charge >= 0.3 is 12.1 Å². The fourth-order valence-corrected chi connectivity index (χ4v) is 8.42. The number of aryl methyl sites for hydroxylation is 1. The summed E-state index contributed by atoms with van der Waals surface area (Å²) in [4.78, 5) is 47.4. The minimum Gasteiger partial charge on any atom is -0.506 e. The number of nitrogens with zero attached hydrogens (tertiary/aromatic N) is 4. The molecule has 0 aliphatic carbocycles. The first kappa shape index (κ1) is 40.5. The average molecular weight is 758 g/mol. The molecular weight excluding hydrogens is 707 g/mol. The third-order valence-corrected chi connectivity index (χ3v) is 11.3. The number of phenols is 1. The summed E-state index contributed by atoms with van der Waals surface area (Å²) in [6.07, 6.45) is -1.17. The van der Waals surface area contributed by atoms with Crippen LogP contribution in [0.15, 0.2) is 58.8 Å². The number of hydrogen-bond donors (Lipinski definition) is 5. The fraction of sp³-hybridized carbons (Fsp3) is 0.500. The van der Waals surface area contributed by atoms with E-state index in [1.807, 2.05) is 70.3 Å². The summed E-state index contributed by atoms with van der Waals surface area (Å²) in [5, 5.41) is 33.0. The standard InChI is InChI=1S/C36H51N7O7S2/c1-7-37-35(47)40-30-18-28(13-14-31(30)44)52(49,50)42(19-23(2)3)21-32(45)29(17-26-11-9-8-10-12-26)39-34(46)33(24(4)5)43-16-15-41(36(43)48)20-27-22-51-25(6)38-27/h8-14,18,22-24,29,32-33,44-45H,7,15-17,19-21H2,1-6H3,(H,39,46)(H2,37,40,47)/t29-,32+,33?/m0/s1. The quantitative estimate of drug-likeness (QED) is 0.128. The third kappa shape index (κ3) is 10.4. The van der Waals surface area contributed by atoms with Crippen molar-refractivity contribution in [2.24, 2.45) is 11.8 Å². The lowest BCUT2D eigenvalue weighted by Crippen LogP contribution is -2.57. The molecule has 0 spiro atoms. The molecule has 1 aliphatic heterocycles. The molecule has 16 heteroatoms. The summed E-state index contributed by atoms with van der Waals surface area (Å²) >= 11 is 1.51. The lowest BCUT2D eigenvalue weighted by atomic mass is 9.97. The number of phenolic OH excluding ortho intramolecular Hbond substituents is 1. The number of urea groups is 2. The van der Waals surface area contributed by atoms with E-state index in [0.717, 1.165) is 20.6 Å². The molecule has 2 aromatic carbocycles. The van der Waals surface area contributed by atoms with Crippen molar-refractivity contribution in [3.8, 4) is 5.75 Å². The van der Waals surface area contributed by atoms with Crippen LogP contribution in [0.1, 0.15) is 50.9 Å². The number of benzene rings is 2. The number of aliphatic hydroxyl groups excluding tert-OH is 1. The first-order valence-corrected chi connectivity index (χ1v) is 19.8. The van der Waals surface area contributed by atoms with Crippen LogP contribution in [0.5, 0.6) is 5.75 Å². The van der Waals surface area contributed by atoms with Gasteiger partial charge in [0.05, 0.1) is 40.0 Å². The Morgan fingerprint density at radius 3 is 2.38 bits per heavy atom. The van der Waals surface area contributed by atoms with E-state index >= 15 is 0 Å². The van der Waals surface area contributed by atoms with Crippen molar-refractivity contribution in [3.05, 3.63) is 70.2 Å². The van der Waals surface area contributed by atoms with Crippen molar-refractivity contribution < 1.29 is 33.0 Å². The maximum Gasteiger partial charge on any atom is 0.321 e. The van der Waals surface area contributed by atoms with Crippen molar-refractivity contribution >= 4 is 45.0 Å². The van der Waals surface area contributed by atoms with Crippen LogP contribution in [0.2, 0.25) is 0 Å². The summed E-state index contributed by atoms with van der Waals surface area (Å²) in [7, 11) is -4.28. The molecule has 14 nitrogen and oxygen atoms in total. The number of anilines is 1. The van der Waals surface area contributed by atoms with Crippen LogP contribution in [0.25, 0.3) is 0 Å². The van der Waals surface area contributed by atoms with Crippen molar-refractivity contribution in [3.63, 3.8) is 0 Å². The molecule has 0 bridgehead atoms. The molecule has 0 saturated carbocycles. The summed E-state index contributed by atoms with van der Waals surface area (Å²) in [6.45, 7) is 12.1. The number of amides is 5. The molecule has 3 aromatic rings. The molecule has 2 heterocycles. The van der Waals surface area contributed by atoms with E-state index in [4.69, 9.17) is 0 Å². The Balaban J connectivity index is 1.59. The van der Waals surface area contributed by atoms with Crippen LogP contribution < -0.4 is 16.0 Å². The summed E-state index contributed by atoms with van der Waals surface area (Å²) in [5.41, 5.74) is 1.51. The highest BCUT2D eigenvalue weighted by Crippen LogP contribution is 2.29. The maximum atomic E-state index is 14.1. The highest BCUT2D eigenvalue weighted by molar-refractivity contribution is 7.89. The molecule has 1 aliphatic rings. The normalized spacial score (nSPS) is 15.3. The second-order valence-corrected chi connectivity index (χ2v) is 16.7. The number of thiazole rings is 1. The molecule has 1 fully saturated rings. The maximum absolute atomic E-state index is 14.1. The number of nitrogens with one attached hydrogen (secondary N) is 3. The largest absolute Gasteiger partial charge is 0.506 e. The van der Waals surface area contributed by atoms with E-state index in [9.17, 15) is 33.0 Å². The summed E-state index contributed by atoms with van der Waals surface area (Å²) in [5.74, 6) is -1.18. The number of sulfonamides is 1. The Hall–Kier alpha value is -4.25. The van der Waals surface area contributed by atoms with E-state index in [2.05, 4.69) is 20.9 Å². The van der Waals surface area contributed by atoms with Gasteiger partial charge in [-0.25, -0.2) is 23.0 Å². The van der Waals surface area contributed by atoms with Gasteiger partial charge in [-0.3, -0.25) is 4.79 Å². The van der Waals surface area contributed by atoms with E-state index in [0.29, 0.717) is 26.2 Å². The fourth-order valence-electron chi connectivity index (χ4n) is 6.17. The number of aromatic hydroxyl groups is 1. The van der Waals surface area contributed by atoms with Crippen LogP contribution in [-0.4, -0.2) is 107 Å². The van der Waals surface area contributed by atoms with E-state index in [1.165, 1.54) is 29.5 Å². The first-order valence-electron chi connectivity index (χ1n) is 17.5. The SMILES string of the molecule is CCNC(=O)Nc1cc(S(=O)(=O)N(CC(C)C)C[C@@H](O)[C@H](Cc2ccccc2)NC(=O)C(C(C)C)N2CCN(Cc3csc(C)n3)C2=O)ccc1O. The molecule has 1 saturated heterocycles. The highest BCUT2D eigenvalue weighted by atomic mass is 32.2. The molecule has 1 aromatic heterocycles. The van der Waals surface area contributed by atoms with Crippen LogP contribution in [0, 0.1) is 18.8 Å². The van der Waals surface area contributed by atoms with Crippen molar-refractivity contribution in [1.82, 2.24) is 29.7 Å². The molecule has 0 radical (unpaired) electrons. The van der Waals surface area contributed by atoms with Gasteiger partial charge in [0, 0.05) is 38.1 Å². The molecule has 1 unspecified atom stereocenters. The predicted octanol–water partition coefficient (Wildman–Crippen LogP) is 4.00. The van der Waals surface area contributed by atoms with Gasteiger partial charge in [-0.1, -0.05) is 58.0 Å². The number of carbonyl (C=O) groups is 3. The Labute approximate surface area is 310 Å². The minimum atomic E-state index is -4.28. The zero-order chi connectivity index (χ0) is 38.2. The summed E-state index contributed by atoms with van der Waals surface area (Å²) < 4.78 is 29.4. The van der Waals surface area contributed by atoms with Gasteiger partial charge in [0.25, 0.3) is 0 Å². The van der Waals surface area contributed by atoms with E-state index in [1.54, 1.807) is 16.7 Å². The molecule has 3 atom stereocenters. The molecule has 5 N–H and O–H groups in total.